The quantitative estimate of drug-likeness (QED) is 0.446. The predicted octanol–water partition coefficient (Wildman–Crippen LogP) is 3.91. The monoisotopic (exact) mass is 557 g/mol. The number of carbonyl (C=O) groups excluding carboxylic acids is 1. The SMILES string of the molecule is COc1ccc(Br)cc1[C@H]1C(C(=O)OC(C)C)=C(C)N=c2s/c(=C\c3cc(C)n(C)c3C)c(=O)n21. The number of rotatable bonds is 5. The number of allylic oxidation sites excluding steroid dienone is 1. The lowest BCUT2D eigenvalue weighted by Gasteiger charge is -2.26. The van der Waals surface area contributed by atoms with Crippen molar-refractivity contribution in [1.82, 2.24) is 9.13 Å². The van der Waals surface area contributed by atoms with Gasteiger partial charge < -0.3 is 14.0 Å². The first-order chi connectivity index (χ1) is 16.5. The molecule has 1 aliphatic heterocycles. The van der Waals surface area contributed by atoms with Crippen LogP contribution in [-0.2, 0) is 16.6 Å². The van der Waals surface area contributed by atoms with Crippen LogP contribution in [-0.4, -0.2) is 28.3 Å². The van der Waals surface area contributed by atoms with Gasteiger partial charge in [0.2, 0.25) is 0 Å². The largest absolute Gasteiger partial charge is 0.496 e. The molecule has 7 nitrogen and oxygen atoms in total. The third kappa shape index (κ3) is 4.54. The van der Waals surface area contributed by atoms with Crippen LogP contribution in [0.25, 0.3) is 6.08 Å². The van der Waals surface area contributed by atoms with Crippen molar-refractivity contribution >= 4 is 39.3 Å². The maximum absolute atomic E-state index is 13.8. The van der Waals surface area contributed by atoms with E-state index in [9.17, 15) is 9.59 Å². The van der Waals surface area contributed by atoms with Crippen LogP contribution in [0.2, 0.25) is 0 Å². The lowest BCUT2D eigenvalue weighted by Crippen LogP contribution is -2.40. The smallest absolute Gasteiger partial charge is 0.338 e. The van der Waals surface area contributed by atoms with Crippen molar-refractivity contribution < 1.29 is 14.3 Å². The number of aromatic nitrogens is 2. The van der Waals surface area contributed by atoms with Crippen LogP contribution in [0, 0.1) is 13.8 Å². The number of hydrogen-bond acceptors (Lipinski definition) is 6. The highest BCUT2D eigenvalue weighted by molar-refractivity contribution is 9.10. The molecule has 0 bridgehead atoms. The van der Waals surface area contributed by atoms with Gasteiger partial charge in [0.05, 0.1) is 29.0 Å². The van der Waals surface area contributed by atoms with Gasteiger partial charge in [-0.2, -0.15) is 0 Å². The van der Waals surface area contributed by atoms with Crippen molar-refractivity contribution in [2.75, 3.05) is 7.11 Å². The zero-order chi connectivity index (χ0) is 25.6. The summed E-state index contributed by atoms with van der Waals surface area (Å²) < 4.78 is 16.2. The Kier molecular flexibility index (Phi) is 6.92. The third-order valence-electron chi connectivity index (χ3n) is 6.17. The highest BCUT2D eigenvalue weighted by Crippen LogP contribution is 2.37. The van der Waals surface area contributed by atoms with Crippen molar-refractivity contribution in [3.05, 3.63) is 82.2 Å². The first-order valence-corrected chi connectivity index (χ1v) is 12.8. The predicted molar refractivity (Wildman–Crippen MR) is 141 cm³/mol. The standard InChI is InChI=1S/C26H28BrN3O4S/c1-13(2)34-25(32)22-15(4)28-26-30(23(22)19-12-18(27)8-9-20(19)33-7)24(31)21(35-26)11-17-10-14(3)29(6)16(17)5/h8-13,23H,1-7H3/b21-11-/t23-/m0/s1. The van der Waals surface area contributed by atoms with E-state index in [1.54, 1.807) is 32.4 Å². The molecule has 0 fully saturated rings. The van der Waals surface area contributed by atoms with E-state index in [-0.39, 0.29) is 11.7 Å². The number of aryl methyl sites for hydroxylation is 1. The minimum absolute atomic E-state index is 0.218. The summed E-state index contributed by atoms with van der Waals surface area (Å²) in [5.74, 6) is 0.0592. The van der Waals surface area contributed by atoms with Gasteiger partial charge in [-0.05, 0) is 70.5 Å². The Morgan fingerprint density at radius 1 is 1.23 bits per heavy atom. The zero-order valence-corrected chi connectivity index (χ0v) is 23.2. The average Bonchev–Trinajstić information content (AvgIpc) is 3.22. The second kappa shape index (κ2) is 9.62. The number of hydrogen-bond donors (Lipinski definition) is 0. The van der Waals surface area contributed by atoms with Gasteiger partial charge in [-0.15, -0.1) is 0 Å². The minimum Gasteiger partial charge on any atom is -0.496 e. The number of carbonyl (C=O) groups is 1. The van der Waals surface area contributed by atoms with E-state index >= 15 is 0 Å². The van der Waals surface area contributed by atoms with Gasteiger partial charge in [0.1, 0.15) is 11.8 Å². The summed E-state index contributed by atoms with van der Waals surface area (Å²) in [4.78, 5) is 32.3. The van der Waals surface area contributed by atoms with E-state index in [0.717, 1.165) is 21.4 Å². The lowest BCUT2D eigenvalue weighted by molar-refractivity contribution is -0.143. The molecule has 3 aromatic rings. The summed E-state index contributed by atoms with van der Waals surface area (Å²) in [6, 6.07) is 6.85. The molecular weight excluding hydrogens is 530 g/mol. The van der Waals surface area contributed by atoms with Gasteiger partial charge in [-0.25, -0.2) is 9.79 Å². The molecule has 184 valence electrons. The van der Waals surface area contributed by atoms with Crippen molar-refractivity contribution in [2.24, 2.45) is 12.0 Å². The summed E-state index contributed by atoms with van der Waals surface area (Å²) in [6.45, 7) is 9.41. The fourth-order valence-electron chi connectivity index (χ4n) is 4.25. The molecule has 1 atom stereocenters. The molecule has 35 heavy (non-hydrogen) atoms. The summed E-state index contributed by atoms with van der Waals surface area (Å²) in [6.07, 6.45) is 1.58. The molecule has 0 saturated heterocycles. The van der Waals surface area contributed by atoms with Crippen LogP contribution >= 0.6 is 27.3 Å². The molecule has 1 aromatic carbocycles. The van der Waals surface area contributed by atoms with E-state index in [0.29, 0.717) is 31.9 Å². The molecule has 0 spiro atoms. The van der Waals surface area contributed by atoms with Gasteiger partial charge in [-0.3, -0.25) is 9.36 Å². The van der Waals surface area contributed by atoms with Crippen LogP contribution in [0.5, 0.6) is 5.75 Å². The average molecular weight is 558 g/mol. The molecule has 0 radical (unpaired) electrons. The minimum atomic E-state index is -0.745. The number of nitrogens with zero attached hydrogens (tertiary/aromatic N) is 3. The van der Waals surface area contributed by atoms with E-state index in [1.165, 1.54) is 11.3 Å². The maximum atomic E-state index is 13.8. The fourth-order valence-corrected chi connectivity index (χ4v) is 5.66. The molecule has 9 heteroatoms. The molecule has 0 saturated carbocycles. The van der Waals surface area contributed by atoms with Crippen LogP contribution in [0.4, 0.5) is 0 Å². The van der Waals surface area contributed by atoms with E-state index in [4.69, 9.17) is 9.47 Å². The Balaban J connectivity index is 2.02. The molecule has 0 N–H and O–H groups in total. The number of benzene rings is 1. The maximum Gasteiger partial charge on any atom is 0.338 e. The third-order valence-corrected chi connectivity index (χ3v) is 7.65. The summed E-state index contributed by atoms with van der Waals surface area (Å²) in [5.41, 5.74) is 4.43. The number of fused-ring (bicyclic) bond motifs is 1. The number of halogens is 1. The lowest BCUT2D eigenvalue weighted by atomic mass is 9.95. The molecule has 4 rings (SSSR count). The highest BCUT2D eigenvalue weighted by Gasteiger charge is 2.35. The van der Waals surface area contributed by atoms with E-state index < -0.39 is 12.0 Å². The van der Waals surface area contributed by atoms with Crippen LogP contribution in [0.3, 0.4) is 0 Å². The topological polar surface area (TPSA) is 74.8 Å². The molecule has 3 heterocycles. The first-order valence-electron chi connectivity index (χ1n) is 11.2. The van der Waals surface area contributed by atoms with Crippen molar-refractivity contribution in [2.45, 2.75) is 46.8 Å². The van der Waals surface area contributed by atoms with Crippen molar-refractivity contribution in [3.63, 3.8) is 0 Å². The fraction of sp³-hybridized carbons (Fsp3) is 0.346. The summed E-state index contributed by atoms with van der Waals surface area (Å²) >= 11 is 4.83. The van der Waals surface area contributed by atoms with Gasteiger partial charge in [0.15, 0.2) is 4.80 Å². The van der Waals surface area contributed by atoms with Gasteiger partial charge >= 0.3 is 5.97 Å². The van der Waals surface area contributed by atoms with Crippen molar-refractivity contribution in [1.29, 1.82) is 0 Å². The Hall–Kier alpha value is -2.91. The number of esters is 1. The van der Waals surface area contributed by atoms with E-state index in [1.807, 2.05) is 45.2 Å². The Morgan fingerprint density at radius 2 is 1.94 bits per heavy atom. The van der Waals surface area contributed by atoms with Crippen LogP contribution in [0.15, 0.2) is 49.8 Å². The molecule has 1 aliphatic rings. The Bertz CT molecular complexity index is 1540. The molecule has 0 aliphatic carbocycles. The first kappa shape index (κ1) is 25.2. The second-order valence-corrected chi connectivity index (χ2v) is 10.7. The molecule has 2 aromatic heterocycles. The molecular formula is C26H28BrN3O4S. The Morgan fingerprint density at radius 3 is 2.54 bits per heavy atom. The molecule has 0 amide bonds. The van der Waals surface area contributed by atoms with Crippen LogP contribution in [0.1, 0.15) is 49.3 Å². The number of ether oxygens (including phenoxy) is 2. The van der Waals surface area contributed by atoms with Gasteiger partial charge in [-0.1, -0.05) is 27.3 Å². The number of methoxy groups -OCH3 is 1. The van der Waals surface area contributed by atoms with Gasteiger partial charge in [0, 0.05) is 28.5 Å². The highest BCUT2D eigenvalue weighted by atomic mass is 79.9. The van der Waals surface area contributed by atoms with Crippen molar-refractivity contribution in [3.8, 4) is 5.75 Å². The van der Waals surface area contributed by atoms with Crippen LogP contribution < -0.4 is 19.6 Å². The van der Waals surface area contributed by atoms with Gasteiger partial charge in [0.25, 0.3) is 5.56 Å². The molecule has 0 unspecified atom stereocenters. The Labute approximate surface area is 216 Å². The summed E-state index contributed by atoms with van der Waals surface area (Å²) in [5, 5.41) is 0. The normalized spacial score (nSPS) is 15.9. The van der Waals surface area contributed by atoms with E-state index in [2.05, 4.69) is 31.6 Å². The number of thiazole rings is 1. The second-order valence-electron chi connectivity index (χ2n) is 8.81. The summed E-state index contributed by atoms with van der Waals surface area (Å²) in [7, 11) is 3.57. The zero-order valence-electron chi connectivity index (χ0n) is 20.8.